The SMILES string of the molecule is OC1CCC(OCc2ccccc2Cl)C1. The van der Waals surface area contributed by atoms with E-state index in [9.17, 15) is 5.11 Å². The molecule has 0 radical (unpaired) electrons. The fourth-order valence-corrected chi connectivity index (χ4v) is 2.08. The van der Waals surface area contributed by atoms with Gasteiger partial charge >= 0.3 is 0 Å². The molecule has 2 unspecified atom stereocenters. The molecule has 2 rings (SSSR count). The Morgan fingerprint density at radius 1 is 1.33 bits per heavy atom. The molecule has 1 fully saturated rings. The van der Waals surface area contributed by atoms with Crippen LogP contribution in [0.5, 0.6) is 0 Å². The quantitative estimate of drug-likeness (QED) is 0.859. The Hall–Kier alpha value is -0.570. The normalized spacial score (nSPS) is 25.7. The summed E-state index contributed by atoms with van der Waals surface area (Å²) in [5, 5.41) is 10.1. The summed E-state index contributed by atoms with van der Waals surface area (Å²) in [5.74, 6) is 0. The Kier molecular flexibility index (Phi) is 3.62. The third-order valence-electron chi connectivity index (χ3n) is 2.79. The second-order valence-electron chi connectivity index (χ2n) is 3.99. The van der Waals surface area contributed by atoms with Gasteiger partial charge in [0.25, 0.3) is 0 Å². The Balaban J connectivity index is 1.86. The molecule has 15 heavy (non-hydrogen) atoms. The largest absolute Gasteiger partial charge is 0.393 e. The molecule has 0 amide bonds. The highest BCUT2D eigenvalue weighted by molar-refractivity contribution is 6.31. The molecule has 1 saturated carbocycles. The average Bonchev–Trinajstić information content (AvgIpc) is 2.63. The second-order valence-corrected chi connectivity index (χ2v) is 4.40. The molecule has 0 spiro atoms. The van der Waals surface area contributed by atoms with Gasteiger partial charge in [0.15, 0.2) is 0 Å². The maximum absolute atomic E-state index is 9.35. The number of rotatable bonds is 3. The van der Waals surface area contributed by atoms with Crippen molar-refractivity contribution in [3.8, 4) is 0 Å². The van der Waals surface area contributed by atoms with Crippen molar-refractivity contribution >= 4 is 11.6 Å². The lowest BCUT2D eigenvalue weighted by molar-refractivity contribution is 0.0357. The maximum atomic E-state index is 9.35. The van der Waals surface area contributed by atoms with E-state index in [0.717, 1.165) is 29.8 Å². The Morgan fingerprint density at radius 3 is 2.80 bits per heavy atom. The fourth-order valence-electron chi connectivity index (χ4n) is 1.89. The zero-order valence-electron chi connectivity index (χ0n) is 8.53. The zero-order chi connectivity index (χ0) is 10.7. The predicted molar refractivity (Wildman–Crippen MR) is 59.9 cm³/mol. The summed E-state index contributed by atoms with van der Waals surface area (Å²) < 4.78 is 5.70. The van der Waals surface area contributed by atoms with Crippen LogP contribution in [0, 0.1) is 0 Å². The molecule has 2 nitrogen and oxygen atoms in total. The Labute approximate surface area is 94.8 Å². The molecule has 1 N–H and O–H groups in total. The van der Waals surface area contributed by atoms with Gasteiger partial charge in [0.2, 0.25) is 0 Å². The van der Waals surface area contributed by atoms with Gasteiger partial charge in [0, 0.05) is 5.02 Å². The van der Waals surface area contributed by atoms with E-state index in [-0.39, 0.29) is 12.2 Å². The molecule has 0 saturated heterocycles. The van der Waals surface area contributed by atoms with Gasteiger partial charge in [-0.3, -0.25) is 0 Å². The van der Waals surface area contributed by atoms with Crippen LogP contribution in [0.2, 0.25) is 5.02 Å². The van der Waals surface area contributed by atoms with E-state index in [1.807, 2.05) is 24.3 Å². The molecule has 1 aliphatic rings. The number of aliphatic hydroxyl groups is 1. The predicted octanol–water partition coefficient (Wildman–Crippen LogP) is 2.77. The Morgan fingerprint density at radius 2 is 2.13 bits per heavy atom. The van der Waals surface area contributed by atoms with Crippen LogP contribution >= 0.6 is 11.6 Å². The van der Waals surface area contributed by atoms with Gasteiger partial charge in [-0.2, -0.15) is 0 Å². The van der Waals surface area contributed by atoms with Gasteiger partial charge in [0.05, 0.1) is 18.8 Å². The highest BCUT2D eigenvalue weighted by Gasteiger charge is 2.23. The van der Waals surface area contributed by atoms with E-state index < -0.39 is 0 Å². The molecule has 0 aliphatic heterocycles. The molecule has 1 aliphatic carbocycles. The molecular formula is C12H15ClO2. The summed E-state index contributed by atoms with van der Waals surface area (Å²) >= 11 is 6.01. The first-order valence-corrected chi connectivity index (χ1v) is 5.66. The minimum Gasteiger partial charge on any atom is -0.393 e. The third kappa shape index (κ3) is 2.94. The minimum atomic E-state index is -0.179. The molecule has 82 valence electrons. The van der Waals surface area contributed by atoms with E-state index in [0.29, 0.717) is 6.61 Å². The van der Waals surface area contributed by atoms with Crippen molar-refractivity contribution < 1.29 is 9.84 Å². The lowest BCUT2D eigenvalue weighted by Gasteiger charge is -2.11. The lowest BCUT2D eigenvalue weighted by atomic mass is 10.2. The lowest BCUT2D eigenvalue weighted by Crippen LogP contribution is -2.10. The highest BCUT2D eigenvalue weighted by atomic mass is 35.5. The fraction of sp³-hybridized carbons (Fsp3) is 0.500. The summed E-state index contributed by atoms with van der Waals surface area (Å²) in [5.41, 5.74) is 1.01. The van der Waals surface area contributed by atoms with Crippen LogP contribution < -0.4 is 0 Å². The van der Waals surface area contributed by atoms with Gasteiger partial charge in [0.1, 0.15) is 0 Å². The summed E-state index contributed by atoms with van der Waals surface area (Å²) in [7, 11) is 0. The van der Waals surface area contributed by atoms with Crippen molar-refractivity contribution in [1.82, 2.24) is 0 Å². The van der Waals surface area contributed by atoms with E-state index >= 15 is 0 Å². The number of hydrogen-bond acceptors (Lipinski definition) is 2. The second kappa shape index (κ2) is 4.97. The number of benzene rings is 1. The van der Waals surface area contributed by atoms with E-state index in [1.54, 1.807) is 0 Å². The van der Waals surface area contributed by atoms with Crippen molar-refractivity contribution in [2.45, 2.75) is 38.1 Å². The standard InChI is InChI=1S/C12H15ClO2/c13-12-4-2-1-3-9(12)8-15-11-6-5-10(14)7-11/h1-4,10-11,14H,5-8H2. The molecular weight excluding hydrogens is 212 g/mol. The van der Waals surface area contributed by atoms with Crippen molar-refractivity contribution in [2.24, 2.45) is 0 Å². The van der Waals surface area contributed by atoms with Gasteiger partial charge < -0.3 is 9.84 Å². The number of halogens is 1. The smallest absolute Gasteiger partial charge is 0.0735 e. The molecule has 3 heteroatoms. The summed E-state index contributed by atoms with van der Waals surface area (Å²) in [6.07, 6.45) is 2.57. The van der Waals surface area contributed by atoms with Crippen molar-refractivity contribution in [3.63, 3.8) is 0 Å². The molecule has 0 aromatic heterocycles. The van der Waals surface area contributed by atoms with Crippen molar-refractivity contribution in [1.29, 1.82) is 0 Å². The summed E-state index contributed by atoms with van der Waals surface area (Å²) in [6, 6.07) is 7.69. The molecule has 1 aromatic rings. The third-order valence-corrected chi connectivity index (χ3v) is 3.16. The topological polar surface area (TPSA) is 29.5 Å². The number of ether oxygens (including phenoxy) is 1. The van der Waals surface area contributed by atoms with Gasteiger partial charge in [-0.1, -0.05) is 29.8 Å². The van der Waals surface area contributed by atoms with E-state index in [1.165, 1.54) is 0 Å². The van der Waals surface area contributed by atoms with E-state index in [4.69, 9.17) is 16.3 Å². The van der Waals surface area contributed by atoms with Gasteiger partial charge in [-0.15, -0.1) is 0 Å². The van der Waals surface area contributed by atoms with Crippen LogP contribution in [0.15, 0.2) is 24.3 Å². The average molecular weight is 227 g/mol. The monoisotopic (exact) mass is 226 g/mol. The van der Waals surface area contributed by atoms with E-state index in [2.05, 4.69) is 0 Å². The van der Waals surface area contributed by atoms with Crippen LogP contribution in [0.3, 0.4) is 0 Å². The van der Waals surface area contributed by atoms with Gasteiger partial charge in [-0.05, 0) is 30.9 Å². The maximum Gasteiger partial charge on any atom is 0.0735 e. The minimum absolute atomic E-state index is 0.179. The number of aliphatic hydroxyl groups excluding tert-OH is 1. The van der Waals surface area contributed by atoms with Crippen LogP contribution in [0.1, 0.15) is 24.8 Å². The van der Waals surface area contributed by atoms with Gasteiger partial charge in [-0.25, -0.2) is 0 Å². The zero-order valence-corrected chi connectivity index (χ0v) is 9.28. The molecule has 0 heterocycles. The molecule has 2 atom stereocenters. The first kappa shape index (κ1) is 10.9. The first-order valence-electron chi connectivity index (χ1n) is 5.29. The van der Waals surface area contributed by atoms with Crippen molar-refractivity contribution in [2.75, 3.05) is 0 Å². The Bertz CT molecular complexity index is 327. The van der Waals surface area contributed by atoms with Crippen LogP contribution in [0.25, 0.3) is 0 Å². The van der Waals surface area contributed by atoms with Crippen molar-refractivity contribution in [3.05, 3.63) is 34.9 Å². The first-order chi connectivity index (χ1) is 7.25. The number of hydrogen-bond donors (Lipinski definition) is 1. The van der Waals surface area contributed by atoms with Crippen LogP contribution in [-0.4, -0.2) is 17.3 Å². The van der Waals surface area contributed by atoms with Crippen LogP contribution in [0.4, 0.5) is 0 Å². The summed E-state index contributed by atoms with van der Waals surface area (Å²) in [6.45, 7) is 0.539. The summed E-state index contributed by atoms with van der Waals surface area (Å²) in [4.78, 5) is 0. The molecule has 0 bridgehead atoms. The molecule has 1 aromatic carbocycles. The highest BCUT2D eigenvalue weighted by Crippen LogP contribution is 2.24. The van der Waals surface area contributed by atoms with Crippen LogP contribution in [-0.2, 0) is 11.3 Å².